The van der Waals surface area contributed by atoms with E-state index in [0.29, 0.717) is 0 Å². The van der Waals surface area contributed by atoms with Gasteiger partial charge in [-0.05, 0) is 48.4 Å². The predicted molar refractivity (Wildman–Crippen MR) is 75.6 cm³/mol. The Labute approximate surface area is 107 Å². The quantitative estimate of drug-likeness (QED) is 0.869. The SMILES string of the molecule is CCc1ccsc1C(N)c1cc(C)ccc1C. The normalized spacial score (nSPS) is 12.7. The molecule has 1 unspecified atom stereocenters. The first-order valence-electron chi connectivity index (χ1n) is 6.02. The highest BCUT2D eigenvalue weighted by Gasteiger charge is 2.15. The zero-order chi connectivity index (χ0) is 12.4. The highest BCUT2D eigenvalue weighted by atomic mass is 32.1. The third kappa shape index (κ3) is 2.43. The van der Waals surface area contributed by atoms with E-state index in [2.05, 4.69) is 50.4 Å². The van der Waals surface area contributed by atoms with Crippen LogP contribution in [-0.2, 0) is 6.42 Å². The van der Waals surface area contributed by atoms with Gasteiger partial charge in [0.1, 0.15) is 0 Å². The fraction of sp³-hybridized carbons (Fsp3) is 0.333. The number of benzene rings is 1. The summed E-state index contributed by atoms with van der Waals surface area (Å²) < 4.78 is 0. The van der Waals surface area contributed by atoms with Crippen molar-refractivity contribution >= 4 is 11.3 Å². The summed E-state index contributed by atoms with van der Waals surface area (Å²) >= 11 is 1.77. The molecule has 17 heavy (non-hydrogen) atoms. The summed E-state index contributed by atoms with van der Waals surface area (Å²) in [6, 6.07) is 8.71. The summed E-state index contributed by atoms with van der Waals surface area (Å²) in [6.45, 7) is 6.43. The molecule has 0 amide bonds. The molecule has 0 aliphatic heterocycles. The van der Waals surface area contributed by atoms with Crippen LogP contribution >= 0.6 is 11.3 Å². The number of nitrogens with two attached hydrogens (primary N) is 1. The molecule has 1 atom stereocenters. The molecular weight excluding hydrogens is 226 g/mol. The Balaban J connectivity index is 2.43. The van der Waals surface area contributed by atoms with E-state index in [1.807, 2.05) is 0 Å². The van der Waals surface area contributed by atoms with Crippen molar-refractivity contribution in [3.8, 4) is 0 Å². The molecule has 1 aromatic heterocycles. The number of hydrogen-bond donors (Lipinski definition) is 1. The largest absolute Gasteiger partial charge is 0.320 e. The molecule has 0 aliphatic rings. The standard InChI is InChI=1S/C15H19NS/c1-4-12-7-8-17-15(12)14(16)13-9-10(2)5-6-11(13)3/h5-9,14H,4,16H2,1-3H3. The molecule has 0 radical (unpaired) electrons. The second-order valence-electron chi connectivity index (χ2n) is 4.50. The first-order chi connectivity index (χ1) is 8.13. The maximum Gasteiger partial charge on any atom is 0.0651 e. The van der Waals surface area contributed by atoms with Crippen LogP contribution in [0.2, 0.25) is 0 Å². The van der Waals surface area contributed by atoms with Gasteiger partial charge < -0.3 is 5.73 Å². The van der Waals surface area contributed by atoms with E-state index in [1.165, 1.54) is 27.1 Å². The first kappa shape index (κ1) is 12.3. The van der Waals surface area contributed by atoms with E-state index in [-0.39, 0.29) is 6.04 Å². The number of rotatable bonds is 3. The van der Waals surface area contributed by atoms with Crippen LogP contribution in [-0.4, -0.2) is 0 Å². The lowest BCUT2D eigenvalue weighted by Gasteiger charge is -2.16. The fourth-order valence-corrected chi connectivity index (χ4v) is 3.16. The van der Waals surface area contributed by atoms with Crippen LogP contribution in [0.25, 0.3) is 0 Å². The molecule has 1 heterocycles. The van der Waals surface area contributed by atoms with Crippen molar-refractivity contribution in [3.05, 3.63) is 56.8 Å². The molecule has 0 aliphatic carbocycles. The van der Waals surface area contributed by atoms with Crippen LogP contribution in [0.3, 0.4) is 0 Å². The maximum absolute atomic E-state index is 6.42. The molecule has 1 nitrogen and oxygen atoms in total. The lowest BCUT2D eigenvalue weighted by atomic mass is 9.96. The van der Waals surface area contributed by atoms with E-state index in [9.17, 15) is 0 Å². The first-order valence-corrected chi connectivity index (χ1v) is 6.90. The molecule has 2 N–H and O–H groups in total. The zero-order valence-corrected chi connectivity index (χ0v) is 11.5. The summed E-state index contributed by atoms with van der Waals surface area (Å²) in [4.78, 5) is 1.31. The minimum Gasteiger partial charge on any atom is -0.320 e. The average molecular weight is 245 g/mol. The highest BCUT2D eigenvalue weighted by Crippen LogP contribution is 2.30. The molecule has 2 heteroatoms. The van der Waals surface area contributed by atoms with Gasteiger partial charge >= 0.3 is 0 Å². The molecule has 0 fully saturated rings. The second-order valence-corrected chi connectivity index (χ2v) is 5.45. The Morgan fingerprint density at radius 3 is 2.71 bits per heavy atom. The van der Waals surface area contributed by atoms with Gasteiger partial charge in [-0.3, -0.25) is 0 Å². The van der Waals surface area contributed by atoms with Gasteiger partial charge in [-0.1, -0.05) is 30.7 Å². The van der Waals surface area contributed by atoms with Crippen LogP contribution in [0, 0.1) is 13.8 Å². The van der Waals surface area contributed by atoms with Gasteiger partial charge in [0.05, 0.1) is 6.04 Å². The molecule has 2 rings (SSSR count). The van der Waals surface area contributed by atoms with Gasteiger partial charge in [0.25, 0.3) is 0 Å². The van der Waals surface area contributed by atoms with Crippen molar-refractivity contribution in [2.45, 2.75) is 33.2 Å². The lowest BCUT2D eigenvalue weighted by molar-refractivity contribution is 0.863. The third-order valence-electron chi connectivity index (χ3n) is 3.21. The van der Waals surface area contributed by atoms with Gasteiger partial charge in [-0.15, -0.1) is 11.3 Å². The van der Waals surface area contributed by atoms with E-state index in [4.69, 9.17) is 5.73 Å². The molecule has 0 bridgehead atoms. The summed E-state index contributed by atoms with van der Waals surface area (Å²) in [7, 11) is 0. The molecule has 0 saturated heterocycles. The van der Waals surface area contributed by atoms with Crippen LogP contribution in [0.4, 0.5) is 0 Å². The van der Waals surface area contributed by atoms with Gasteiger partial charge in [0, 0.05) is 4.88 Å². The number of thiophene rings is 1. The minimum absolute atomic E-state index is 0.0184. The number of aryl methyl sites for hydroxylation is 3. The van der Waals surface area contributed by atoms with Crippen LogP contribution in [0.15, 0.2) is 29.6 Å². The van der Waals surface area contributed by atoms with E-state index < -0.39 is 0 Å². The molecule has 0 saturated carbocycles. The van der Waals surface area contributed by atoms with Crippen LogP contribution < -0.4 is 5.73 Å². The number of hydrogen-bond acceptors (Lipinski definition) is 2. The second kappa shape index (κ2) is 5.03. The maximum atomic E-state index is 6.42. The molecule has 90 valence electrons. The van der Waals surface area contributed by atoms with E-state index in [0.717, 1.165) is 6.42 Å². The smallest absolute Gasteiger partial charge is 0.0651 e. The Morgan fingerprint density at radius 1 is 1.24 bits per heavy atom. The molecule has 0 spiro atoms. The van der Waals surface area contributed by atoms with Gasteiger partial charge in [-0.25, -0.2) is 0 Å². The van der Waals surface area contributed by atoms with Gasteiger partial charge in [-0.2, -0.15) is 0 Å². The molecular formula is C15H19NS. The molecule has 1 aromatic carbocycles. The van der Waals surface area contributed by atoms with Crippen molar-refractivity contribution < 1.29 is 0 Å². The Hall–Kier alpha value is -1.12. The highest BCUT2D eigenvalue weighted by molar-refractivity contribution is 7.10. The summed E-state index contributed by atoms with van der Waals surface area (Å²) in [6.07, 6.45) is 1.05. The van der Waals surface area contributed by atoms with Crippen molar-refractivity contribution in [1.82, 2.24) is 0 Å². The summed E-state index contributed by atoms with van der Waals surface area (Å²) in [5.74, 6) is 0. The average Bonchev–Trinajstić information content (AvgIpc) is 2.79. The van der Waals surface area contributed by atoms with Crippen LogP contribution in [0.5, 0.6) is 0 Å². The lowest BCUT2D eigenvalue weighted by Crippen LogP contribution is -2.13. The summed E-state index contributed by atoms with van der Waals surface area (Å²) in [5.41, 5.74) is 11.6. The van der Waals surface area contributed by atoms with Crippen molar-refractivity contribution in [2.24, 2.45) is 5.73 Å². The third-order valence-corrected chi connectivity index (χ3v) is 4.26. The van der Waals surface area contributed by atoms with Gasteiger partial charge in [0.15, 0.2) is 0 Å². The Morgan fingerprint density at radius 2 is 2.00 bits per heavy atom. The van der Waals surface area contributed by atoms with E-state index >= 15 is 0 Å². The van der Waals surface area contributed by atoms with E-state index in [1.54, 1.807) is 11.3 Å². The fourth-order valence-electron chi connectivity index (χ4n) is 2.15. The molecule has 2 aromatic rings. The van der Waals surface area contributed by atoms with Crippen molar-refractivity contribution in [1.29, 1.82) is 0 Å². The Bertz CT molecular complexity index is 513. The van der Waals surface area contributed by atoms with Crippen molar-refractivity contribution in [3.63, 3.8) is 0 Å². The Kier molecular flexibility index (Phi) is 3.65. The zero-order valence-electron chi connectivity index (χ0n) is 10.7. The monoisotopic (exact) mass is 245 g/mol. The van der Waals surface area contributed by atoms with Crippen LogP contribution in [0.1, 0.15) is 40.1 Å². The topological polar surface area (TPSA) is 26.0 Å². The summed E-state index contributed by atoms with van der Waals surface area (Å²) in [5, 5.41) is 2.14. The minimum atomic E-state index is 0.0184. The predicted octanol–water partition coefficient (Wildman–Crippen LogP) is 3.98. The van der Waals surface area contributed by atoms with Gasteiger partial charge in [0.2, 0.25) is 0 Å². The van der Waals surface area contributed by atoms with Crippen molar-refractivity contribution in [2.75, 3.05) is 0 Å².